The number of nitrogen functional groups attached to an aromatic ring is 1. The summed E-state index contributed by atoms with van der Waals surface area (Å²) in [6, 6.07) is 11.2. The van der Waals surface area contributed by atoms with Crippen LogP contribution in [0.5, 0.6) is 5.75 Å². The Bertz CT molecular complexity index is 822. The SMILES string of the molecule is Cc1ccc(-c2c(C(=O)NN)cc(O)c3ccsc23)cc1. The number of rotatable bonds is 2. The third-order valence-corrected chi connectivity index (χ3v) is 4.37. The zero-order valence-electron chi connectivity index (χ0n) is 11.4. The number of benzene rings is 2. The Hall–Kier alpha value is -2.37. The van der Waals surface area contributed by atoms with Gasteiger partial charge in [-0.05, 0) is 30.0 Å². The number of hydrogen-bond acceptors (Lipinski definition) is 4. The molecule has 0 spiro atoms. The van der Waals surface area contributed by atoms with Gasteiger partial charge in [0.25, 0.3) is 5.91 Å². The number of aryl methyl sites for hydroxylation is 1. The van der Waals surface area contributed by atoms with Crippen molar-refractivity contribution in [3.8, 4) is 16.9 Å². The number of hydrogen-bond donors (Lipinski definition) is 3. The van der Waals surface area contributed by atoms with E-state index in [1.807, 2.05) is 42.6 Å². The molecule has 0 saturated heterocycles. The summed E-state index contributed by atoms with van der Waals surface area (Å²) < 4.78 is 0.873. The summed E-state index contributed by atoms with van der Waals surface area (Å²) in [7, 11) is 0. The number of nitrogens with one attached hydrogen (secondary N) is 1. The maximum atomic E-state index is 12.0. The summed E-state index contributed by atoms with van der Waals surface area (Å²) in [6.45, 7) is 2.01. The van der Waals surface area contributed by atoms with Crippen molar-refractivity contribution >= 4 is 27.3 Å². The molecule has 106 valence electrons. The number of aromatic hydroxyl groups is 1. The Morgan fingerprint density at radius 1 is 1.24 bits per heavy atom. The van der Waals surface area contributed by atoms with Gasteiger partial charge in [-0.25, -0.2) is 5.84 Å². The summed E-state index contributed by atoms with van der Waals surface area (Å²) in [5.74, 6) is 4.93. The second-order valence-electron chi connectivity index (χ2n) is 4.82. The van der Waals surface area contributed by atoms with Gasteiger partial charge in [-0.15, -0.1) is 11.3 Å². The summed E-state index contributed by atoms with van der Waals surface area (Å²) in [5, 5.41) is 12.7. The molecule has 1 amide bonds. The van der Waals surface area contributed by atoms with E-state index >= 15 is 0 Å². The van der Waals surface area contributed by atoms with Crippen molar-refractivity contribution in [2.24, 2.45) is 5.84 Å². The predicted octanol–water partition coefficient (Wildman–Crippen LogP) is 3.19. The van der Waals surface area contributed by atoms with Crippen molar-refractivity contribution in [1.82, 2.24) is 5.43 Å². The van der Waals surface area contributed by atoms with Crippen molar-refractivity contribution in [3.63, 3.8) is 0 Å². The number of hydrazine groups is 1. The first-order chi connectivity index (χ1) is 10.1. The second-order valence-corrected chi connectivity index (χ2v) is 5.74. The van der Waals surface area contributed by atoms with Crippen molar-refractivity contribution < 1.29 is 9.90 Å². The number of carbonyl (C=O) groups is 1. The predicted molar refractivity (Wildman–Crippen MR) is 85.3 cm³/mol. The highest BCUT2D eigenvalue weighted by Gasteiger charge is 2.19. The second kappa shape index (κ2) is 5.20. The average molecular weight is 298 g/mol. The van der Waals surface area contributed by atoms with Gasteiger partial charge in [-0.3, -0.25) is 10.2 Å². The van der Waals surface area contributed by atoms with E-state index in [-0.39, 0.29) is 5.75 Å². The zero-order valence-corrected chi connectivity index (χ0v) is 12.2. The lowest BCUT2D eigenvalue weighted by molar-refractivity contribution is 0.0954. The number of phenols is 1. The molecule has 0 unspecified atom stereocenters. The Morgan fingerprint density at radius 3 is 2.62 bits per heavy atom. The molecule has 0 aliphatic rings. The van der Waals surface area contributed by atoms with E-state index in [1.165, 1.54) is 17.4 Å². The van der Waals surface area contributed by atoms with Crippen LogP contribution < -0.4 is 11.3 Å². The molecule has 4 N–H and O–H groups in total. The molecule has 0 aliphatic heterocycles. The summed E-state index contributed by atoms with van der Waals surface area (Å²) in [4.78, 5) is 12.0. The van der Waals surface area contributed by atoms with Crippen LogP contribution in [-0.4, -0.2) is 11.0 Å². The van der Waals surface area contributed by atoms with E-state index in [4.69, 9.17) is 5.84 Å². The first-order valence-corrected chi connectivity index (χ1v) is 7.31. The molecular formula is C16H14N2O2S. The minimum Gasteiger partial charge on any atom is -0.507 e. The molecule has 5 heteroatoms. The topological polar surface area (TPSA) is 75.4 Å². The minimum atomic E-state index is -0.420. The van der Waals surface area contributed by atoms with Crippen molar-refractivity contribution in [3.05, 3.63) is 52.9 Å². The molecule has 0 fully saturated rings. The zero-order chi connectivity index (χ0) is 15.0. The van der Waals surface area contributed by atoms with Gasteiger partial charge in [0.15, 0.2) is 0 Å². The maximum Gasteiger partial charge on any atom is 0.265 e. The van der Waals surface area contributed by atoms with Crippen molar-refractivity contribution in [1.29, 1.82) is 0 Å². The van der Waals surface area contributed by atoms with Crippen LogP contribution in [0.25, 0.3) is 21.2 Å². The average Bonchev–Trinajstić information content (AvgIpc) is 2.97. The molecule has 0 saturated carbocycles. The van der Waals surface area contributed by atoms with Crippen LogP contribution in [-0.2, 0) is 0 Å². The molecule has 0 radical (unpaired) electrons. The molecule has 0 aliphatic carbocycles. The summed E-state index contributed by atoms with van der Waals surface area (Å²) in [5.41, 5.74) is 5.37. The molecule has 3 rings (SSSR count). The lowest BCUT2D eigenvalue weighted by atomic mass is 9.96. The van der Waals surface area contributed by atoms with Gasteiger partial charge in [0.1, 0.15) is 5.75 Å². The fourth-order valence-electron chi connectivity index (χ4n) is 2.38. The van der Waals surface area contributed by atoms with Crippen LogP contribution >= 0.6 is 11.3 Å². The Balaban J connectivity index is 2.37. The van der Waals surface area contributed by atoms with Gasteiger partial charge >= 0.3 is 0 Å². The highest BCUT2D eigenvalue weighted by Crippen LogP contribution is 2.40. The molecule has 0 atom stereocenters. The third kappa shape index (κ3) is 2.26. The van der Waals surface area contributed by atoms with Crippen LogP contribution in [0.15, 0.2) is 41.8 Å². The minimum absolute atomic E-state index is 0.0840. The molecule has 3 aromatic rings. The highest BCUT2D eigenvalue weighted by atomic mass is 32.1. The Labute approximate surface area is 125 Å². The number of nitrogens with two attached hydrogens (primary N) is 1. The molecule has 1 aromatic heterocycles. The van der Waals surface area contributed by atoms with E-state index in [0.717, 1.165) is 26.8 Å². The van der Waals surface area contributed by atoms with Crippen LogP contribution in [0.2, 0.25) is 0 Å². The lowest BCUT2D eigenvalue weighted by Gasteiger charge is -2.12. The molecule has 1 heterocycles. The van der Waals surface area contributed by atoms with E-state index in [1.54, 1.807) is 0 Å². The van der Waals surface area contributed by atoms with Gasteiger partial charge in [0.2, 0.25) is 0 Å². The molecular weight excluding hydrogens is 284 g/mol. The summed E-state index contributed by atoms with van der Waals surface area (Å²) >= 11 is 1.49. The maximum absolute atomic E-state index is 12.0. The molecule has 2 aromatic carbocycles. The Kier molecular flexibility index (Phi) is 3.37. The number of carbonyl (C=O) groups excluding carboxylic acids is 1. The van der Waals surface area contributed by atoms with E-state index < -0.39 is 5.91 Å². The number of fused-ring (bicyclic) bond motifs is 1. The highest BCUT2D eigenvalue weighted by molar-refractivity contribution is 7.17. The monoisotopic (exact) mass is 298 g/mol. The normalized spacial score (nSPS) is 10.8. The first kappa shape index (κ1) is 13.6. The van der Waals surface area contributed by atoms with E-state index in [0.29, 0.717) is 5.56 Å². The van der Waals surface area contributed by atoms with Crippen molar-refractivity contribution in [2.45, 2.75) is 6.92 Å². The quantitative estimate of drug-likeness (QED) is 0.386. The largest absolute Gasteiger partial charge is 0.507 e. The summed E-state index contributed by atoms with van der Waals surface area (Å²) in [6.07, 6.45) is 0. The number of phenolic OH excluding ortho intramolecular Hbond substituents is 1. The van der Waals surface area contributed by atoms with Gasteiger partial charge in [0, 0.05) is 15.6 Å². The standard InChI is InChI=1S/C16H14N2O2S/c1-9-2-4-10(5-3-9)14-12(16(20)18-17)8-13(19)11-6-7-21-15(11)14/h2-8,19H,17H2,1H3,(H,18,20). The molecule has 0 bridgehead atoms. The van der Waals surface area contributed by atoms with Crippen LogP contribution in [0.3, 0.4) is 0 Å². The fourth-order valence-corrected chi connectivity index (χ4v) is 3.36. The lowest BCUT2D eigenvalue weighted by Crippen LogP contribution is -2.30. The van der Waals surface area contributed by atoms with Crippen LogP contribution in [0.1, 0.15) is 15.9 Å². The first-order valence-electron chi connectivity index (χ1n) is 6.43. The van der Waals surface area contributed by atoms with Crippen molar-refractivity contribution in [2.75, 3.05) is 0 Å². The van der Waals surface area contributed by atoms with E-state index in [9.17, 15) is 9.90 Å². The Morgan fingerprint density at radius 2 is 1.95 bits per heavy atom. The third-order valence-electron chi connectivity index (χ3n) is 3.43. The number of thiophene rings is 1. The molecule has 4 nitrogen and oxygen atoms in total. The number of amides is 1. The van der Waals surface area contributed by atoms with Gasteiger partial charge in [0.05, 0.1) is 5.56 Å². The fraction of sp³-hybridized carbons (Fsp3) is 0.0625. The molecule has 21 heavy (non-hydrogen) atoms. The van der Waals surface area contributed by atoms with Gasteiger partial charge in [-0.2, -0.15) is 0 Å². The van der Waals surface area contributed by atoms with Gasteiger partial charge in [-0.1, -0.05) is 29.8 Å². The van der Waals surface area contributed by atoms with Crippen LogP contribution in [0, 0.1) is 6.92 Å². The van der Waals surface area contributed by atoms with Gasteiger partial charge < -0.3 is 5.11 Å². The smallest absolute Gasteiger partial charge is 0.265 e. The van der Waals surface area contributed by atoms with E-state index in [2.05, 4.69) is 5.43 Å². The van der Waals surface area contributed by atoms with Crippen LogP contribution in [0.4, 0.5) is 0 Å².